The van der Waals surface area contributed by atoms with Crippen molar-refractivity contribution in [2.24, 2.45) is 0 Å². The highest BCUT2D eigenvalue weighted by Gasteiger charge is 2.15. The quantitative estimate of drug-likeness (QED) is 0.297. The standard InChI is InChI=1S/C25H27N3O3S/c1-31-22-14-8-7-13-21(22)26-23(29)17-32-25-27-20-12-6-5-11-19(20)24(30)28(25)16-15-18-9-3-2-4-10-18/h5-9,11-14H,2-4,10,15-17H2,1H3,(H,26,29). The molecular formula is C25H27N3O3S. The van der Waals surface area contributed by atoms with Crippen LogP contribution in [0.5, 0.6) is 5.75 Å². The molecule has 1 heterocycles. The molecule has 1 aliphatic rings. The molecule has 0 aliphatic heterocycles. The van der Waals surface area contributed by atoms with Crippen LogP contribution in [0, 0.1) is 0 Å². The second-order valence-electron chi connectivity index (χ2n) is 7.76. The minimum atomic E-state index is -0.177. The van der Waals surface area contributed by atoms with Crippen molar-refractivity contribution in [1.82, 2.24) is 9.55 Å². The Morgan fingerprint density at radius 3 is 2.78 bits per heavy atom. The molecule has 4 rings (SSSR count). The molecule has 32 heavy (non-hydrogen) atoms. The zero-order valence-corrected chi connectivity index (χ0v) is 19.0. The highest BCUT2D eigenvalue weighted by Crippen LogP contribution is 2.25. The Labute approximate surface area is 191 Å². The molecule has 0 radical (unpaired) electrons. The summed E-state index contributed by atoms with van der Waals surface area (Å²) in [6.07, 6.45) is 7.80. The van der Waals surface area contributed by atoms with Gasteiger partial charge in [0.2, 0.25) is 5.91 Å². The SMILES string of the molecule is COc1ccccc1NC(=O)CSc1nc2ccccc2c(=O)n1CCC1=CCCCC1. The summed E-state index contributed by atoms with van der Waals surface area (Å²) >= 11 is 1.28. The van der Waals surface area contributed by atoms with Gasteiger partial charge in [-0.3, -0.25) is 14.2 Å². The largest absolute Gasteiger partial charge is 0.495 e. The average molecular weight is 450 g/mol. The predicted molar refractivity (Wildman–Crippen MR) is 130 cm³/mol. The van der Waals surface area contributed by atoms with Crippen LogP contribution < -0.4 is 15.6 Å². The number of carbonyl (C=O) groups is 1. The number of aromatic nitrogens is 2. The van der Waals surface area contributed by atoms with Crippen molar-refractivity contribution in [2.45, 2.75) is 43.8 Å². The average Bonchev–Trinajstić information content (AvgIpc) is 2.83. The van der Waals surface area contributed by atoms with Gasteiger partial charge in [-0.2, -0.15) is 0 Å². The minimum Gasteiger partial charge on any atom is -0.495 e. The Bertz CT molecular complexity index is 1200. The van der Waals surface area contributed by atoms with Gasteiger partial charge in [-0.05, 0) is 56.4 Å². The number of methoxy groups -OCH3 is 1. The summed E-state index contributed by atoms with van der Waals surface area (Å²) in [5, 5.41) is 4.05. The molecule has 0 atom stereocenters. The molecule has 0 spiro atoms. The number of para-hydroxylation sites is 3. The normalized spacial score (nSPS) is 13.6. The number of amides is 1. The van der Waals surface area contributed by atoms with E-state index >= 15 is 0 Å². The molecule has 0 saturated carbocycles. The second kappa shape index (κ2) is 10.5. The molecule has 3 aromatic rings. The number of carbonyl (C=O) groups excluding carboxylic acids is 1. The van der Waals surface area contributed by atoms with E-state index in [0.717, 1.165) is 19.3 Å². The third kappa shape index (κ3) is 5.22. The first-order chi connectivity index (χ1) is 15.7. The first-order valence-electron chi connectivity index (χ1n) is 10.9. The summed E-state index contributed by atoms with van der Waals surface area (Å²) in [4.78, 5) is 30.5. The summed E-state index contributed by atoms with van der Waals surface area (Å²) in [7, 11) is 1.57. The molecular weight excluding hydrogens is 422 g/mol. The number of allylic oxidation sites excluding steroid dienone is 2. The molecule has 166 valence electrons. The smallest absolute Gasteiger partial charge is 0.262 e. The number of benzene rings is 2. The van der Waals surface area contributed by atoms with Crippen LogP contribution >= 0.6 is 11.8 Å². The van der Waals surface area contributed by atoms with Gasteiger partial charge in [-0.1, -0.05) is 47.7 Å². The number of hydrogen-bond acceptors (Lipinski definition) is 5. The lowest BCUT2D eigenvalue weighted by atomic mass is 9.97. The number of ether oxygens (including phenoxy) is 1. The first-order valence-corrected chi connectivity index (χ1v) is 11.9. The van der Waals surface area contributed by atoms with Crippen molar-refractivity contribution in [2.75, 3.05) is 18.2 Å². The van der Waals surface area contributed by atoms with E-state index in [2.05, 4.69) is 11.4 Å². The molecule has 1 aromatic heterocycles. The molecule has 1 amide bonds. The van der Waals surface area contributed by atoms with Crippen LogP contribution in [-0.2, 0) is 11.3 Å². The third-order valence-electron chi connectivity index (χ3n) is 5.58. The molecule has 7 heteroatoms. The number of anilines is 1. The predicted octanol–water partition coefficient (Wildman–Crippen LogP) is 5.03. The van der Waals surface area contributed by atoms with Gasteiger partial charge in [0, 0.05) is 6.54 Å². The Morgan fingerprint density at radius 1 is 1.16 bits per heavy atom. The monoisotopic (exact) mass is 449 g/mol. The van der Waals surface area contributed by atoms with Crippen LogP contribution in [0.1, 0.15) is 32.1 Å². The van der Waals surface area contributed by atoms with Crippen LogP contribution in [-0.4, -0.2) is 28.3 Å². The summed E-state index contributed by atoms with van der Waals surface area (Å²) in [6, 6.07) is 14.7. The van der Waals surface area contributed by atoms with Crippen molar-refractivity contribution in [3.63, 3.8) is 0 Å². The molecule has 1 aliphatic carbocycles. The van der Waals surface area contributed by atoms with Crippen molar-refractivity contribution in [3.05, 3.63) is 70.5 Å². The van der Waals surface area contributed by atoms with E-state index in [4.69, 9.17) is 9.72 Å². The maximum absolute atomic E-state index is 13.2. The summed E-state index contributed by atoms with van der Waals surface area (Å²) in [5.74, 6) is 0.571. The maximum atomic E-state index is 13.2. The highest BCUT2D eigenvalue weighted by molar-refractivity contribution is 7.99. The van der Waals surface area contributed by atoms with Gasteiger partial charge < -0.3 is 10.1 Å². The Balaban J connectivity index is 1.54. The number of thioether (sulfide) groups is 1. The van der Waals surface area contributed by atoms with Gasteiger partial charge in [-0.15, -0.1) is 0 Å². The van der Waals surface area contributed by atoms with Crippen LogP contribution in [0.25, 0.3) is 10.9 Å². The van der Waals surface area contributed by atoms with Gasteiger partial charge in [-0.25, -0.2) is 4.98 Å². The molecule has 2 aromatic carbocycles. The van der Waals surface area contributed by atoms with Crippen molar-refractivity contribution >= 4 is 34.3 Å². The van der Waals surface area contributed by atoms with E-state index in [1.54, 1.807) is 23.8 Å². The van der Waals surface area contributed by atoms with E-state index in [1.165, 1.54) is 30.2 Å². The zero-order chi connectivity index (χ0) is 22.3. The van der Waals surface area contributed by atoms with Crippen LogP contribution in [0.2, 0.25) is 0 Å². The minimum absolute atomic E-state index is 0.0559. The molecule has 0 unspecified atom stereocenters. The Kier molecular flexibility index (Phi) is 7.27. The van der Waals surface area contributed by atoms with Crippen molar-refractivity contribution < 1.29 is 9.53 Å². The number of nitrogens with one attached hydrogen (secondary N) is 1. The highest BCUT2D eigenvalue weighted by atomic mass is 32.2. The molecule has 1 N–H and O–H groups in total. The van der Waals surface area contributed by atoms with Gasteiger partial charge >= 0.3 is 0 Å². The van der Waals surface area contributed by atoms with E-state index in [1.807, 2.05) is 36.4 Å². The first kappa shape index (κ1) is 22.1. The van der Waals surface area contributed by atoms with Crippen molar-refractivity contribution in [3.8, 4) is 5.75 Å². The lowest BCUT2D eigenvalue weighted by Gasteiger charge is -2.16. The van der Waals surface area contributed by atoms with Crippen LogP contribution in [0.4, 0.5) is 5.69 Å². The van der Waals surface area contributed by atoms with E-state index in [-0.39, 0.29) is 17.2 Å². The molecule has 0 bridgehead atoms. The Hall–Kier alpha value is -3.06. The third-order valence-corrected chi connectivity index (χ3v) is 6.56. The number of nitrogens with zero attached hydrogens (tertiary/aromatic N) is 2. The maximum Gasteiger partial charge on any atom is 0.262 e. The topological polar surface area (TPSA) is 73.2 Å². The lowest BCUT2D eigenvalue weighted by Crippen LogP contribution is -2.24. The van der Waals surface area contributed by atoms with Gasteiger partial charge in [0.15, 0.2) is 5.16 Å². The van der Waals surface area contributed by atoms with Gasteiger partial charge in [0.05, 0.1) is 29.5 Å². The van der Waals surface area contributed by atoms with Gasteiger partial charge in [0.1, 0.15) is 5.75 Å². The summed E-state index contributed by atoms with van der Waals surface area (Å²) in [5.41, 5.74) is 2.62. The fourth-order valence-electron chi connectivity index (χ4n) is 3.91. The van der Waals surface area contributed by atoms with Crippen molar-refractivity contribution in [1.29, 1.82) is 0 Å². The lowest BCUT2D eigenvalue weighted by molar-refractivity contribution is -0.113. The second-order valence-corrected chi connectivity index (χ2v) is 8.71. The van der Waals surface area contributed by atoms with E-state index in [0.29, 0.717) is 34.0 Å². The van der Waals surface area contributed by atoms with E-state index in [9.17, 15) is 9.59 Å². The number of fused-ring (bicyclic) bond motifs is 1. The molecule has 6 nitrogen and oxygen atoms in total. The fourth-order valence-corrected chi connectivity index (χ4v) is 4.73. The zero-order valence-electron chi connectivity index (χ0n) is 18.2. The molecule has 0 fully saturated rings. The molecule has 0 saturated heterocycles. The van der Waals surface area contributed by atoms with Crippen LogP contribution in [0.15, 0.2) is 70.1 Å². The summed E-state index contributed by atoms with van der Waals surface area (Å²) in [6.45, 7) is 0.568. The Morgan fingerprint density at radius 2 is 1.97 bits per heavy atom. The summed E-state index contributed by atoms with van der Waals surface area (Å²) < 4.78 is 7.02. The number of hydrogen-bond donors (Lipinski definition) is 1. The number of rotatable bonds is 8. The van der Waals surface area contributed by atoms with Crippen LogP contribution in [0.3, 0.4) is 0 Å². The van der Waals surface area contributed by atoms with E-state index < -0.39 is 0 Å². The van der Waals surface area contributed by atoms with Gasteiger partial charge in [0.25, 0.3) is 5.56 Å². The fraction of sp³-hybridized carbons (Fsp3) is 0.320.